The van der Waals surface area contributed by atoms with Crippen molar-refractivity contribution >= 4 is 22.1 Å². The summed E-state index contributed by atoms with van der Waals surface area (Å²) in [7, 11) is -4.62. The van der Waals surface area contributed by atoms with E-state index in [-0.39, 0.29) is 19.4 Å². The third-order valence-corrected chi connectivity index (χ3v) is 12.6. The van der Waals surface area contributed by atoms with Crippen LogP contribution in [-0.4, -0.2) is 96.0 Å². The molecule has 12 nitrogen and oxygen atoms in total. The highest BCUT2D eigenvalue weighted by Crippen LogP contribution is 2.24. The Hall–Kier alpha value is -2.91. The van der Waals surface area contributed by atoms with Gasteiger partial charge in [-0.15, -0.1) is 0 Å². The van der Waals surface area contributed by atoms with Crippen molar-refractivity contribution < 1.29 is 56.8 Å². The van der Waals surface area contributed by atoms with E-state index in [0.717, 1.165) is 57.8 Å². The third kappa shape index (κ3) is 37.9. The Labute approximate surface area is 412 Å². The van der Waals surface area contributed by atoms with E-state index in [0.29, 0.717) is 12.8 Å². The Kier molecular flexibility index (Phi) is 40.9. The van der Waals surface area contributed by atoms with Crippen molar-refractivity contribution in [2.24, 2.45) is 0 Å². The van der Waals surface area contributed by atoms with E-state index >= 15 is 0 Å². The summed E-state index contributed by atoms with van der Waals surface area (Å²) in [5.41, 5.74) is 0. The van der Waals surface area contributed by atoms with Gasteiger partial charge in [0, 0.05) is 12.8 Å². The molecule has 6 atom stereocenters. The number of aliphatic hydroxyl groups is 3. The molecule has 0 amide bonds. The lowest BCUT2D eigenvalue weighted by molar-refractivity contribution is -0.297. The number of hydrogen-bond donors (Lipinski definition) is 4. The molecule has 0 saturated carbocycles. The molecule has 4 N–H and O–H groups in total. The van der Waals surface area contributed by atoms with Crippen LogP contribution in [0.4, 0.5) is 0 Å². The molecule has 13 heteroatoms. The van der Waals surface area contributed by atoms with Crippen LogP contribution in [0.1, 0.15) is 206 Å². The van der Waals surface area contributed by atoms with Crippen LogP contribution in [0.5, 0.6) is 0 Å². The number of hydrogen-bond acceptors (Lipinski definition) is 11. The lowest BCUT2D eigenvalue weighted by atomic mass is 10.00. The largest absolute Gasteiger partial charge is 0.462 e. The van der Waals surface area contributed by atoms with Gasteiger partial charge >= 0.3 is 11.9 Å². The van der Waals surface area contributed by atoms with Crippen LogP contribution in [0.3, 0.4) is 0 Å². The van der Waals surface area contributed by atoms with Gasteiger partial charge < -0.3 is 34.3 Å². The molecule has 68 heavy (non-hydrogen) atoms. The molecule has 0 aromatic carbocycles. The smallest absolute Gasteiger partial charge is 0.306 e. The molecule has 1 rings (SSSR count). The standard InChI is InChI=1S/C55H94O12S/c1-3-5-7-9-11-13-15-17-19-21-23-24-26-28-30-32-34-36-38-40-42-44-51(57)66-48(46-65-55-54(60)53(59)52(58)49(67-55)47-68(61,62)63)45-64-50(56)43-41-39-37-35-33-31-29-27-25-22-20-18-16-14-12-10-8-6-4-2/h6,8,12,14,18,20,25,27,31,33,37,39,48-49,52-55,58-60H,3-5,7,9-11,13,15-17,19,21-24,26,28-30,32,34-36,38,40-47H2,1-2H3,(H,61,62,63)/b8-6+,14-12+,20-18+,27-25+,33-31+,39-37+/t48-,49-,52-,53?,54?,55+/m1/s1. The van der Waals surface area contributed by atoms with Crippen molar-refractivity contribution in [3.8, 4) is 0 Å². The van der Waals surface area contributed by atoms with Gasteiger partial charge in [0.15, 0.2) is 12.4 Å². The molecule has 1 aliphatic rings. The van der Waals surface area contributed by atoms with Crippen LogP contribution in [0, 0.1) is 0 Å². The first-order valence-corrected chi connectivity index (χ1v) is 28.1. The third-order valence-electron chi connectivity index (χ3n) is 11.8. The molecule has 1 aliphatic heterocycles. The molecule has 0 aromatic rings. The summed E-state index contributed by atoms with van der Waals surface area (Å²) in [6.45, 7) is 3.61. The molecule has 0 radical (unpaired) electrons. The van der Waals surface area contributed by atoms with E-state index in [1.54, 1.807) is 0 Å². The number of allylic oxidation sites excluding steroid dienone is 12. The van der Waals surface area contributed by atoms with Crippen molar-refractivity contribution in [3.05, 3.63) is 72.9 Å². The van der Waals surface area contributed by atoms with Gasteiger partial charge in [0.05, 0.1) is 6.61 Å². The summed E-state index contributed by atoms with van der Waals surface area (Å²) >= 11 is 0. The summed E-state index contributed by atoms with van der Waals surface area (Å²) < 4.78 is 54.2. The second-order valence-corrected chi connectivity index (χ2v) is 19.7. The fourth-order valence-corrected chi connectivity index (χ4v) is 8.45. The van der Waals surface area contributed by atoms with Crippen LogP contribution >= 0.6 is 0 Å². The minimum absolute atomic E-state index is 0.0922. The molecule has 0 spiro atoms. The van der Waals surface area contributed by atoms with E-state index in [2.05, 4.69) is 74.6 Å². The van der Waals surface area contributed by atoms with E-state index in [1.807, 2.05) is 12.2 Å². The van der Waals surface area contributed by atoms with E-state index < -0.39 is 71.2 Å². The molecule has 392 valence electrons. The lowest BCUT2D eigenvalue weighted by Crippen LogP contribution is -2.60. The van der Waals surface area contributed by atoms with Crippen molar-refractivity contribution in [1.29, 1.82) is 0 Å². The van der Waals surface area contributed by atoms with Gasteiger partial charge in [0.1, 0.15) is 36.8 Å². The van der Waals surface area contributed by atoms with Gasteiger partial charge in [-0.25, -0.2) is 0 Å². The monoisotopic (exact) mass is 979 g/mol. The number of unbranched alkanes of at least 4 members (excludes halogenated alkanes) is 20. The molecular weight excluding hydrogens is 885 g/mol. The van der Waals surface area contributed by atoms with Crippen molar-refractivity contribution in [3.63, 3.8) is 0 Å². The molecule has 1 saturated heterocycles. The summed E-state index contributed by atoms with van der Waals surface area (Å²) in [6.07, 6.45) is 48.1. The normalized spacial score (nSPS) is 19.8. The first-order valence-electron chi connectivity index (χ1n) is 26.5. The minimum Gasteiger partial charge on any atom is -0.462 e. The highest BCUT2D eigenvalue weighted by atomic mass is 32.2. The quantitative estimate of drug-likeness (QED) is 0.0196. The second-order valence-electron chi connectivity index (χ2n) is 18.2. The topological polar surface area (TPSA) is 186 Å². The van der Waals surface area contributed by atoms with Gasteiger partial charge in [-0.1, -0.05) is 215 Å². The number of aliphatic hydroxyl groups excluding tert-OH is 3. The Morgan fingerprint density at radius 1 is 0.515 bits per heavy atom. The summed E-state index contributed by atoms with van der Waals surface area (Å²) in [6, 6.07) is 0. The van der Waals surface area contributed by atoms with Crippen molar-refractivity contribution in [2.45, 2.75) is 243 Å². The van der Waals surface area contributed by atoms with Crippen LogP contribution in [0.2, 0.25) is 0 Å². The van der Waals surface area contributed by atoms with Gasteiger partial charge in [-0.3, -0.25) is 14.1 Å². The van der Waals surface area contributed by atoms with Gasteiger partial charge in [-0.05, 0) is 51.4 Å². The number of carbonyl (C=O) groups excluding carboxylic acids is 2. The number of rotatable bonds is 44. The van der Waals surface area contributed by atoms with Crippen LogP contribution in [0.15, 0.2) is 72.9 Å². The zero-order valence-electron chi connectivity index (χ0n) is 42.2. The van der Waals surface area contributed by atoms with E-state index in [4.69, 9.17) is 18.9 Å². The van der Waals surface area contributed by atoms with Crippen molar-refractivity contribution in [2.75, 3.05) is 19.0 Å². The Morgan fingerprint density at radius 2 is 0.926 bits per heavy atom. The number of ether oxygens (including phenoxy) is 4. The van der Waals surface area contributed by atoms with Crippen LogP contribution in [0.25, 0.3) is 0 Å². The van der Waals surface area contributed by atoms with Crippen molar-refractivity contribution in [1.82, 2.24) is 0 Å². The Morgan fingerprint density at radius 3 is 1.35 bits per heavy atom. The van der Waals surface area contributed by atoms with Gasteiger partial charge in [-0.2, -0.15) is 8.42 Å². The van der Waals surface area contributed by atoms with E-state index in [9.17, 15) is 37.9 Å². The summed E-state index contributed by atoms with van der Waals surface area (Å²) in [5, 5.41) is 31.0. The maximum atomic E-state index is 12.9. The van der Waals surface area contributed by atoms with Crippen LogP contribution in [-0.2, 0) is 38.7 Å². The van der Waals surface area contributed by atoms with Gasteiger partial charge in [0.2, 0.25) is 0 Å². The minimum atomic E-state index is -4.62. The lowest BCUT2D eigenvalue weighted by Gasteiger charge is -2.40. The van der Waals surface area contributed by atoms with E-state index in [1.165, 1.54) is 109 Å². The number of esters is 2. The second kappa shape index (κ2) is 44.1. The maximum absolute atomic E-state index is 12.9. The molecule has 0 aliphatic carbocycles. The molecule has 2 unspecified atom stereocenters. The first kappa shape index (κ1) is 63.1. The molecule has 0 aromatic heterocycles. The maximum Gasteiger partial charge on any atom is 0.306 e. The Bertz CT molecular complexity index is 1520. The highest BCUT2D eigenvalue weighted by Gasteiger charge is 2.46. The number of carbonyl (C=O) groups is 2. The predicted molar refractivity (Wildman–Crippen MR) is 275 cm³/mol. The average Bonchev–Trinajstić information content (AvgIpc) is 3.31. The first-order chi connectivity index (χ1) is 33.0. The zero-order valence-corrected chi connectivity index (χ0v) is 43.0. The average molecular weight is 979 g/mol. The Balaban J connectivity index is 2.40. The molecular formula is C55H94O12S. The molecule has 1 heterocycles. The summed E-state index contributed by atoms with van der Waals surface area (Å²) in [5.74, 6) is -2.09. The summed E-state index contributed by atoms with van der Waals surface area (Å²) in [4.78, 5) is 25.5. The highest BCUT2D eigenvalue weighted by molar-refractivity contribution is 7.85. The zero-order chi connectivity index (χ0) is 49.8. The van der Waals surface area contributed by atoms with Crippen LogP contribution < -0.4 is 0 Å². The SMILES string of the molecule is CC/C=C/C/C=C/C/C=C/C/C=C/C/C=C/C/C=C/CCC(=O)OC[C@H](CO[C@H]1O[C@H](CS(=O)(=O)O)[C@@H](O)C(O)C1O)OC(=O)CCCCCCCCCCCCCCCCCCCCCCC. The fourth-order valence-electron chi connectivity index (χ4n) is 7.76. The predicted octanol–water partition coefficient (Wildman–Crippen LogP) is 12.2. The molecule has 0 bridgehead atoms. The molecule has 1 fully saturated rings. The fraction of sp³-hybridized carbons (Fsp3) is 0.745. The van der Waals surface area contributed by atoms with Gasteiger partial charge in [0.25, 0.3) is 10.1 Å².